The van der Waals surface area contributed by atoms with E-state index in [9.17, 15) is 0 Å². The molecule has 1 aliphatic rings. The Bertz CT molecular complexity index is 919. The average molecular weight is 402 g/mol. The molecule has 2 aromatic carbocycles. The van der Waals surface area contributed by atoms with Gasteiger partial charge in [-0.1, -0.05) is 29.5 Å². The number of rotatable bonds is 6. The SMILES string of the molecule is S=c1sc(Nc2ccc(Oc3ccccc3)cc2)nn1C[NH+]1CCOCC1. The molecule has 1 aromatic heterocycles. The van der Waals surface area contributed by atoms with Crippen molar-refractivity contribution < 1.29 is 14.4 Å². The van der Waals surface area contributed by atoms with Crippen LogP contribution in [0.1, 0.15) is 0 Å². The standard InChI is InChI=1S/C19H20N4O2S2/c26-19-23(14-22-10-12-24-13-11-22)21-18(27-19)20-15-6-8-17(9-7-15)25-16-4-2-1-3-5-16/h1-9H,10-14H2,(H,20,21)/p+1. The molecule has 0 atom stereocenters. The number of hydrogen-bond donors (Lipinski definition) is 2. The van der Waals surface area contributed by atoms with Crippen LogP contribution in [0.4, 0.5) is 10.8 Å². The third-order valence-corrected chi connectivity index (χ3v) is 5.49. The molecule has 2 heterocycles. The van der Waals surface area contributed by atoms with Crippen LogP contribution in [0.5, 0.6) is 11.5 Å². The lowest BCUT2D eigenvalue weighted by molar-refractivity contribution is -0.930. The van der Waals surface area contributed by atoms with Crippen molar-refractivity contribution in [3.63, 3.8) is 0 Å². The first-order valence-corrected chi connectivity index (χ1v) is 10.1. The predicted molar refractivity (Wildman–Crippen MR) is 109 cm³/mol. The zero-order chi connectivity index (χ0) is 18.5. The Morgan fingerprint density at radius 2 is 1.78 bits per heavy atom. The summed E-state index contributed by atoms with van der Waals surface area (Å²) in [5.74, 6) is 1.61. The molecule has 1 fully saturated rings. The van der Waals surface area contributed by atoms with E-state index in [1.165, 1.54) is 16.2 Å². The molecule has 0 unspecified atom stereocenters. The highest BCUT2D eigenvalue weighted by Gasteiger charge is 2.16. The molecule has 2 N–H and O–H groups in total. The van der Waals surface area contributed by atoms with E-state index in [0.717, 1.165) is 59.2 Å². The van der Waals surface area contributed by atoms with Crippen LogP contribution in [0, 0.1) is 3.95 Å². The molecule has 0 spiro atoms. The number of nitrogens with one attached hydrogen (secondary N) is 2. The third-order valence-electron chi connectivity index (χ3n) is 4.26. The van der Waals surface area contributed by atoms with E-state index >= 15 is 0 Å². The molecule has 1 aliphatic heterocycles. The maximum atomic E-state index is 5.82. The van der Waals surface area contributed by atoms with Crippen molar-refractivity contribution in [3.8, 4) is 11.5 Å². The van der Waals surface area contributed by atoms with E-state index in [-0.39, 0.29) is 0 Å². The summed E-state index contributed by atoms with van der Waals surface area (Å²) in [6, 6.07) is 17.5. The van der Waals surface area contributed by atoms with Gasteiger partial charge in [0.25, 0.3) is 0 Å². The Hall–Kier alpha value is -2.26. The quantitative estimate of drug-likeness (QED) is 0.622. The van der Waals surface area contributed by atoms with E-state index in [0.29, 0.717) is 0 Å². The van der Waals surface area contributed by atoms with E-state index in [2.05, 4.69) is 10.4 Å². The zero-order valence-corrected chi connectivity index (χ0v) is 16.4. The Morgan fingerprint density at radius 1 is 1.07 bits per heavy atom. The fraction of sp³-hybridized carbons (Fsp3) is 0.263. The molecule has 0 bridgehead atoms. The molecule has 8 heteroatoms. The van der Waals surface area contributed by atoms with Crippen LogP contribution in [0.3, 0.4) is 0 Å². The monoisotopic (exact) mass is 401 g/mol. The van der Waals surface area contributed by atoms with Gasteiger partial charge in [-0.2, -0.15) is 4.68 Å². The fourth-order valence-corrected chi connectivity index (χ4v) is 3.87. The van der Waals surface area contributed by atoms with Gasteiger partial charge in [0, 0.05) is 5.69 Å². The summed E-state index contributed by atoms with van der Waals surface area (Å²) in [7, 11) is 0. The molecule has 0 amide bonds. The van der Waals surface area contributed by atoms with Crippen molar-refractivity contribution in [3.05, 3.63) is 58.6 Å². The minimum absolute atomic E-state index is 0.778. The van der Waals surface area contributed by atoms with E-state index in [1.54, 1.807) is 0 Å². The van der Waals surface area contributed by atoms with Crippen molar-refractivity contribution in [2.24, 2.45) is 0 Å². The second-order valence-corrected chi connectivity index (χ2v) is 7.88. The van der Waals surface area contributed by atoms with Gasteiger partial charge in [-0.05, 0) is 48.6 Å². The average Bonchev–Trinajstić information content (AvgIpc) is 3.04. The summed E-state index contributed by atoms with van der Waals surface area (Å²) in [6.07, 6.45) is 0. The van der Waals surface area contributed by atoms with E-state index < -0.39 is 0 Å². The van der Waals surface area contributed by atoms with Gasteiger partial charge in [0.15, 0.2) is 10.6 Å². The van der Waals surface area contributed by atoms with Crippen LogP contribution in [-0.2, 0) is 11.4 Å². The first kappa shape index (κ1) is 18.1. The number of anilines is 2. The van der Waals surface area contributed by atoms with E-state index in [4.69, 9.17) is 21.7 Å². The third kappa shape index (κ3) is 4.92. The number of aromatic nitrogens is 2. The van der Waals surface area contributed by atoms with Gasteiger partial charge in [-0.3, -0.25) is 0 Å². The van der Waals surface area contributed by atoms with Crippen molar-refractivity contribution in [2.45, 2.75) is 6.67 Å². The number of nitrogens with zero attached hydrogens (tertiary/aromatic N) is 2. The molecule has 0 saturated carbocycles. The smallest absolute Gasteiger partial charge is 0.209 e. The normalized spacial score (nSPS) is 14.8. The van der Waals surface area contributed by atoms with Gasteiger partial charge in [0.05, 0.1) is 13.2 Å². The lowest BCUT2D eigenvalue weighted by Crippen LogP contribution is -3.13. The zero-order valence-electron chi connectivity index (χ0n) is 14.8. The largest absolute Gasteiger partial charge is 0.457 e. The number of hydrogen-bond acceptors (Lipinski definition) is 6. The van der Waals surface area contributed by atoms with Gasteiger partial charge in [0.2, 0.25) is 5.13 Å². The number of morpholine rings is 1. The van der Waals surface area contributed by atoms with Crippen molar-refractivity contribution >= 4 is 34.4 Å². The summed E-state index contributed by atoms with van der Waals surface area (Å²) >= 11 is 6.95. The van der Waals surface area contributed by atoms with Gasteiger partial charge in [0.1, 0.15) is 24.6 Å². The second-order valence-electron chi connectivity index (χ2n) is 6.26. The lowest BCUT2D eigenvalue weighted by Gasteiger charge is -2.23. The minimum Gasteiger partial charge on any atom is -0.457 e. The molecule has 0 radical (unpaired) electrons. The second kappa shape index (κ2) is 8.62. The molecule has 4 rings (SSSR count). The van der Waals surface area contributed by atoms with Crippen molar-refractivity contribution in [1.82, 2.24) is 9.78 Å². The molecule has 0 aliphatic carbocycles. The van der Waals surface area contributed by atoms with Gasteiger partial charge < -0.3 is 19.7 Å². The van der Waals surface area contributed by atoms with Crippen molar-refractivity contribution in [2.75, 3.05) is 31.6 Å². The van der Waals surface area contributed by atoms with Crippen molar-refractivity contribution in [1.29, 1.82) is 0 Å². The van der Waals surface area contributed by atoms with Crippen LogP contribution in [0.15, 0.2) is 54.6 Å². The fourth-order valence-electron chi connectivity index (χ4n) is 2.84. The Kier molecular flexibility index (Phi) is 5.78. The predicted octanol–water partition coefficient (Wildman–Crippen LogP) is 3.08. The molecule has 27 heavy (non-hydrogen) atoms. The Balaban J connectivity index is 1.39. The minimum atomic E-state index is 0.778. The first-order valence-electron chi connectivity index (χ1n) is 8.85. The highest BCUT2D eigenvalue weighted by atomic mass is 32.1. The van der Waals surface area contributed by atoms with Crippen LogP contribution in [-0.4, -0.2) is 36.1 Å². The maximum Gasteiger partial charge on any atom is 0.209 e. The molecule has 1 saturated heterocycles. The number of ether oxygens (including phenoxy) is 2. The first-order chi connectivity index (χ1) is 13.3. The Morgan fingerprint density at radius 3 is 2.52 bits per heavy atom. The summed E-state index contributed by atoms with van der Waals surface area (Å²) in [6.45, 7) is 4.37. The summed E-state index contributed by atoms with van der Waals surface area (Å²) in [5, 5.41) is 8.74. The summed E-state index contributed by atoms with van der Waals surface area (Å²) < 4.78 is 13.9. The summed E-state index contributed by atoms with van der Waals surface area (Å²) in [4.78, 5) is 1.44. The summed E-state index contributed by atoms with van der Waals surface area (Å²) in [5.41, 5.74) is 0.949. The van der Waals surface area contributed by atoms with Crippen LogP contribution >= 0.6 is 23.6 Å². The van der Waals surface area contributed by atoms with Crippen LogP contribution in [0.25, 0.3) is 0 Å². The number of para-hydroxylation sites is 1. The molecule has 3 aromatic rings. The van der Waals surface area contributed by atoms with Crippen LogP contribution < -0.4 is 15.0 Å². The Labute approximate surface area is 167 Å². The number of benzene rings is 2. The highest BCUT2D eigenvalue weighted by molar-refractivity contribution is 7.73. The molecular weight excluding hydrogens is 380 g/mol. The molecule has 6 nitrogen and oxygen atoms in total. The van der Waals surface area contributed by atoms with E-state index in [1.807, 2.05) is 59.3 Å². The highest BCUT2D eigenvalue weighted by Crippen LogP contribution is 2.25. The van der Waals surface area contributed by atoms with Gasteiger partial charge in [-0.25, -0.2) is 0 Å². The van der Waals surface area contributed by atoms with Gasteiger partial charge >= 0.3 is 0 Å². The topological polar surface area (TPSA) is 52.8 Å². The maximum absolute atomic E-state index is 5.82. The molecular formula is C19H21N4O2S2+. The lowest BCUT2D eigenvalue weighted by atomic mass is 10.3. The number of quaternary nitrogens is 1. The van der Waals surface area contributed by atoms with Crippen LogP contribution in [0.2, 0.25) is 0 Å². The molecule has 140 valence electrons. The van der Waals surface area contributed by atoms with Gasteiger partial charge in [-0.15, -0.1) is 5.10 Å².